The molecule has 0 aromatic heterocycles. The summed E-state index contributed by atoms with van der Waals surface area (Å²) in [6, 6.07) is 0. The van der Waals surface area contributed by atoms with E-state index in [4.69, 9.17) is 4.74 Å². The molecule has 3 heteroatoms. The van der Waals surface area contributed by atoms with Crippen molar-refractivity contribution in [3.05, 3.63) is 11.6 Å². The normalized spacial score (nSPS) is 47.5. The molecule has 4 saturated carbocycles. The van der Waals surface area contributed by atoms with Crippen LogP contribution in [0.4, 0.5) is 0 Å². The van der Waals surface area contributed by atoms with Crippen LogP contribution in [0.2, 0.25) is 0 Å². The summed E-state index contributed by atoms with van der Waals surface area (Å²) in [4.78, 5) is 24.2. The Morgan fingerprint density at radius 3 is 2.58 bits per heavy atom. The molecule has 0 N–H and O–H groups in total. The van der Waals surface area contributed by atoms with E-state index >= 15 is 0 Å². The van der Waals surface area contributed by atoms with Gasteiger partial charge in [0, 0.05) is 11.8 Å². The second kappa shape index (κ2) is 5.69. The quantitative estimate of drug-likeness (QED) is 0.665. The van der Waals surface area contributed by atoms with Gasteiger partial charge in [0.25, 0.3) is 0 Å². The zero-order chi connectivity index (χ0) is 18.1. The van der Waals surface area contributed by atoms with Gasteiger partial charge in [0.15, 0.2) is 5.78 Å². The SMILES string of the molecule is C[C@]12CC[C@H]3[C@@H](CCC4=CC(=O)CC[C@@]43C)[C@@H]1CC[C@@H]2OC(=O)C1CC1. The Hall–Kier alpha value is -1.12. The average Bonchev–Trinajstić information content (AvgIpc) is 3.40. The lowest BCUT2D eigenvalue weighted by Gasteiger charge is -2.57. The number of hydrogen-bond acceptors (Lipinski definition) is 3. The lowest BCUT2D eigenvalue weighted by Crippen LogP contribution is -2.51. The number of esters is 1. The van der Waals surface area contributed by atoms with E-state index in [0.29, 0.717) is 17.6 Å². The van der Waals surface area contributed by atoms with Crippen molar-refractivity contribution in [2.45, 2.75) is 84.2 Å². The predicted molar refractivity (Wildman–Crippen MR) is 99.3 cm³/mol. The molecule has 0 spiro atoms. The molecule has 0 aromatic carbocycles. The van der Waals surface area contributed by atoms with E-state index in [1.165, 1.54) is 31.3 Å². The molecule has 0 saturated heterocycles. The second-order valence-electron chi connectivity index (χ2n) is 10.3. The van der Waals surface area contributed by atoms with Crippen LogP contribution in [0.5, 0.6) is 0 Å². The fraction of sp³-hybridized carbons (Fsp3) is 0.826. The molecule has 4 fully saturated rings. The Morgan fingerprint density at radius 2 is 1.81 bits per heavy atom. The van der Waals surface area contributed by atoms with Gasteiger partial charge in [-0.05, 0) is 87.0 Å². The maximum atomic E-state index is 12.3. The van der Waals surface area contributed by atoms with E-state index in [2.05, 4.69) is 13.8 Å². The van der Waals surface area contributed by atoms with Crippen molar-refractivity contribution in [3.8, 4) is 0 Å². The topological polar surface area (TPSA) is 43.4 Å². The van der Waals surface area contributed by atoms with Gasteiger partial charge in [0.1, 0.15) is 6.10 Å². The molecule has 0 aliphatic heterocycles. The first kappa shape index (κ1) is 17.0. The maximum Gasteiger partial charge on any atom is 0.309 e. The van der Waals surface area contributed by atoms with E-state index in [-0.39, 0.29) is 28.8 Å². The van der Waals surface area contributed by atoms with Crippen molar-refractivity contribution in [2.24, 2.45) is 34.5 Å². The Labute approximate surface area is 156 Å². The van der Waals surface area contributed by atoms with Gasteiger partial charge in [0.05, 0.1) is 5.92 Å². The summed E-state index contributed by atoms with van der Waals surface area (Å²) in [5.41, 5.74) is 1.85. The summed E-state index contributed by atoms with van der Waals surface area (Å²) < 4.78 is 6.04. The van der Waals surface area contributed by atoms with Crippen molar-refractivity contribution in [2.75, 3.05) is 0 Å². The van der Waals surface area contributed by atoms with Gasteiger partial charge >= 0.3 is 5.97 Å². The molecule has 5 rings (SSSR count). The number of ketones is 1. The molecule has 5 aliphatic rings. The van der Waals surface area contributed by atoms with Crippen LogP contribution in [0.3, 0.4) is 0 Å². The minimum absolute atomic E-state index is 0.0746. The molecule has 0 aromatic rings. The number of carbonyl (C=O) groups is 2. The molecule has 142 valence electrons. The largest absolute Gasteiger partial charge is 0.462 e. The number of fused-ring (bicyclic) bond motifs is 5. The highest BCUT2D eigenvalue weighted by molar-refractivity contribution is 5.91. The van der Waals surface area contributed by atoms with Gasteiger partial charge < -0.3 is 4.74 Å². The lowest BCUT2D eigenvalue weighted by atomic mass is 9.47. The predicted octanol–water partition coefficient (Wildman–Crippen LogP) is 4.84. The van der Waals surface area contributed by atoms with Gasteiger partial charge in [-0.25, -0.2) is 0 Å². The summed E-state index contributed by atoms with van der Waals surface area (Å²) >= 11 is 0. The van der Waals surface area contributed by atoms with Crippen molar-refractivity contribution in [1.82, 2.24) is 0 Å². The van der Waals surface area contributed by atoms with Crippen LogP contribution in [0.15, 0.2) is 11.6 Å². The minimum atomic E-state index is 0.0746. The third-order valence-electron chi connectivity index (χ3n) is 9.04. The molecule has 3 nitrogen and oxygen atoms in total. The van der Waals surface area contributed by atoms with Gasteiger partial charge in [0.2, 0.25) is 0 Å². The summed E-state index contributed by atoms with van der Waals surface area (Å²) in [6.07, 6.45) is 13.0. The average molecular weight is 357 g/mol. The number of ether oxygens (including phenoxy) is 1. The molecule has 6 atom stereocenters. The molecule has 0 unspecified atom stereocenters. The van der Waals surface area contributed by atoms with E-state index in [1.807, 2.05) is 6.08 Å². The van der Waals surface area contributed by atoms with Crippen LogP contribution in [-0.2, 0) is 14.3 Å². The first-order valence-electron chi connectivity index (χ1n) is 10.9. The minimum Gasteiger partial charge on any atom is -0.462 e. The van der Waals surface area contributed by atoms with Crippen LogP contribution in [0.25, 0.3) is 0 Å². The summed E-state index contributed by atoms with van der Waals surface area (Å²) in [6.45, 7) is 4.84. The second-order valence-corrected chi connectivity index (χ2v) is 10.3. The van der Waals surface area contributed by atoms with Crippen LogP contribution < -0.4 is 0 Å². The summed E-state index contributed by atoms with van der Waals surface area (Å²) in [5.74, 6) is 2.76. The van der Waals surface area contributed by atoms with Gasteiger partial charge in [-0.3, -0.25) is 9.59 Å². The molecular weight excluding hydrogens is 324 g/mol. The summed E-state index contributed by atoms with van der Waals surface area (Å²) in [5, 5.41) is 0. The Morgan fingerprint density at radius 1 is 1.00 bits per heavy atom. The van der Waals surface area contributed by atoms with Crippen LogP contribution in [0, 0.1) is 34.5 Å². The zero-order valence-corrected chi connectivity index (χ0v) is 16.3. The first-order valence-corrected chi connectivity index (χ1v) is 10.9. The highest BCUT2D eigenvalue weighted by atomic mass is 16.5. The molecule has 0 amide bonds. The Kier molecular flexibility index (Phi) is 3.72. The smallest absolute Gasteiger partial charge is 0.309 e. The third-order valence-corrected chi connectivity index (χ3v) is 9.04. The van der Waals surface area contributed by atoms with Crippen LogP contribution >= 0.6 is 0 Å². The lowest BCUT2D eigenvalue weighted by molar-refractivity contribution is -0.161. The first-order chi connectivity index (χ1) is 12.4. The number of hydrogen-bond donors (Lipinski definition) is 0. The third kappa shape index (κ3) is 2.38. The molecular formula is C23H32O3. The van der Waals surface area contributed by atoms with E-state index < -0.39 is 0 Å². The number of rotatable bonds is 2. The van der Waals surface area contributed by atoms with E-state index in [0.717, 1.165) is 44.4 Å². The van der Waals surface area contributed by atoms with Crippen molar-refractivity contribution in [1.29, 1.82) is 0 Å². The Bertz CT molecular complexity index is 675. The monoisotopic (exact) mass is 356 g/mol. The fourth-order valence-corrected chi connectivity index (χ4v) is 7.26. The van der Waals surface area contributed by atoms with E-state index in [9.17, 15) is 9.59 Å². The highest BCUT2D eigenvalue weighted by Crippen LogP contribution is 2.65. The van der Waals surface area contributed by atoms with E-state index in [1.54, 1.807) is 0 Å². The maximum absolute atomic E-state index is 12.3. The van der Waals surface area contributed by atoms with Gasteiger partial charge in [-0.1, -0.05) is 19.4 Å². The highest BCUT2D eigenvalue weighted by Gasteiger charge is 2.60. The van der Waals surface area contributed by atoms with Crippen LogP contribution in [-0.4, -0.2) is 17.9 Å². The van der Waals surface area contributed by atoms with Crippen molar-refractivity contribution in [3.63, 3.8) is 0 Å². The molecule has 0 heterocycles. The van der Waals surface area contributed by atoms with Crippen molar-refractivity contribution >= 4 is 11.8 Å². The molecule has 26 heavy (non-hydrogen) atoms. The standard InChI is InChI=1S/C23H32O3/c1-22-11-9-16(24)13-15(22)5-6-17-18-7-8-20(26-21(25)14-3-4-14)23(18,2)12-10-19(17)22/h13-14,17-20H,3-12H2,1-2H3/t17-,18-,19-,20-,22-,23-/m0/s1. The summed E-state index contributed by atoms with van der Waals surface area (Å²) in [7, 11) is 0. The zero-order valence-electron chi connectivity index (χ0n) is 16.3. The number of allylic oxidation sites excluding steroid dienone is 1. The van der Waals surface area contributed by atoms with Crippen molar-refractivity contribution < 1.29 is 14.3 Å². The Balaban J connectivity index is 1.39. The van der Waals surface area contributed by atoms with Gasteiger partial charge in [-0.15, -0.1) is 0 Å². The van der Waals surface area contributed by atoms with Crippen LogP contribution in [0.1, 0.15) is 78.1 Å². The number of carbonyl (C=O) groups excluding carboxylic acids is 2. The molecule has 0 bridgehead atoms. The van der Waals surface area contributed by atoms with Gasteiger partial charge in [-0.2, -0.15) is 0 Å². The fourth-order valence-electron chi connectivity index (χ4n) is 7.26. The molecule has 0 radical (unpaired) electrons. The molecule has 5 aliphatic carbocycles.